The molecular formula is C26H21ClN4O3S. The molecule has 2 aromatic carbocycles. The lowest BCUT2D eigenvalue weighted by Crippen LogP contribution is -2.30. The van der Waals surface area contributed by atoms with Gasteiger partial charge in [0.15, 0.2) is 5.11 Å². The first kappa shape index (κ1) is 22.9. The van der Waals surface area contributed by atoms with Gasteiger partial charge in [0, 0.05) is 29.5 Å². The molecule has 176 valence electrons. The molecule has 2 unspecified atom stereocenters. The number of methoxy groups -OCH3 is 1. The summed E-state index contributed by atoms with van der Waals surface area (Å²) >= 11 is 12.3. The van der Waals surface area contributed by atoms with E-state index in [1.54, 1.807) is 37.6 Å². The molecule has 0 radical (unpaired) electrons. The first-order chi connectivity index (χ1) is 17.0. The minimum Gasteiger partial charge on any atom is -0.495 e. The number of hydrogen-bond donors (Lipinski definition) is 2. The lowest BCUT2D eigenvalue weighted by atomic mass is 10.0. The molecule has 1 aliphatic heterocycles. The van der Waals surface area contributed by atoms with E-state index in [0.717, 1.165) is 22.8 Å². The molecular weight excluding hydrogens is 484 g/mol. The van der Waals surface area contributed by atoms with E-state index < -0.39 is 5.97 Å². The van der Waals surface area contributed by atoms with Gasteiger partial charge in [-0.15, -0.1) is 0 Å². The number of pyridine rings is 1. The van der Waals surface area contributed by atoms with Gasteiger partial charge in [0.05, 0.1) is 29.4 Å². The zero-order valence-electron chi connectivity index (χ0n) is 18.6. The Morgan fingerprint density at radius 2 is 1.86 bits per heavy atom. The number of halogens is 1. The van der Waals surface area contributed by atoms with E-state index in [2.05, 4.69) is 10.3 Å². The first-order valence-corrected chi connectivity index (χ1v) is 11.6. The molecule has 1 saturated heterocycles. The third-order valence-corrected chi connectivity index (χ3v) is 6.60. The number of benzene rings is 2. The number of ether oxygens (including phenoxy) is 1. The second-order valence-electron chi connectivity index (χ2n) is 7.97. The highest BCUT2D eigenvalue weighted by Gasteiger charge is 2.42. The number of rotatable bonds is 6. The van der Waals surface area contributed by atoms with Crippen molar-refractivity contribution in [2.24, 2.45) is 0 Å². The molecule has 4 aromatic rings. The van der Waals surface area contributed by atoms with E-state index in [-0.39, 0.29) is 17.6 Å². The van der Waals surface area contributed by atoms with Crippen LogP contribution >= 0.6 is 23.8 Å². The van der Waals surface area contributed by atoms with Gasteiger partial charge in [0.25, 0.3) is 0 Å². The largest absolute Gasteiger partial charge is 0.495 e. The van der Waals surface area contributed by atoms with Crippen molar-refractivity contribution in [2.45, 2.75) is 12.1 Å². The molecule has 0 bridgehead atoms. The molecule has 1 aliphatic rings. The Morgan fingerprint density at radius 1 is 1.09 bits per heavy atom. The minimum absolute atomic E-state index is 0.229. The maximum atomic E-state index is 11.3. The normalized spacial score (nSPS) is 17.3. The zero-order valence-corrected chi connectivity index (χ0v) is 20.2. The van der Waals surface area contributed by atoms with Crippen molar-refractivity contribution in [2.75, 3.05) is 12.0 Å². The summed E-state index contributed by atoms with van der Waals surface area (Å²) in [5.74, 6) is -0.388. The number of hydrogen-bond acceptors (Lipinski definition) is 4. The molecule has 1 fully saturated rings. The van der Waals surface area contributed by atoms with Crippen LogP contribution < -0.4 is 15.0 Å². The Hall–Kier alpha value is -3.88. The molecule has 0 amide bonds. The van der Waals surface area contributed by atoms with Gasteiger partial charge < -0.3 is 24.6 Å². The maximum absolute atomic E-state index is 11.3. The lowest BCUT2D eigenvalue weighted by molar-refractivity contribution is 0.0697. The second-order valence-corrected chi connectivity index (χ2v) is 8.76. The molecule has 2 aromatic heterocycles. The van der Waals surface area contributed by atoms with Gasteiger partial charge in [-0.25, -0.2) is 4.79 Å². The van der Waals surface area contributed by atoms with E-state index in [1.807, 2.05) is 64.2 Å². The Kier molecular flexibility index (Phi) is 6.15. The number of aromatic nitrogens is 2. The summed E-state index contributed by atoms with van der Waals surface area (Å²) in [5, 5.41) is 13.7. The molecule has 9 heteroatoms. The van der Waals surface area contributed by atoms with Crippen LogP contribution in [0.4, 0.5) is 5.69 Å². The van der Waals surface area contributed by atoms with Crippen molar-refractivity contribution >= 4 is 40.6 Å². The van der Waals surface area contributed by atoms with Crippen LogP contribution in [-0.4, -0.2) is 32.8 Å². The number of carboxylic acids is 1. The minimum atomic E-state index is -0.965. The topological polar surface area (TPSA) is 79.6 Å². The van der Waals surface area contributed by atoms with Gasteiger partial charge in [-0.1, -0.05) is 17.7 Å². The quantitative estimate of drug-likeness (QED) is 0.340. The number of carbonyl (C=O) groups is 1. The molecule has 0 spiro atoms. The van der Waals surface area contributed by atoms with Crippen molar-refractivity contribution in [1.82, 2.24) is 14.9 Å². The van der Waals surface area contributed by atoms with Crippen LogP contribution in [0.5, 0.6) is 5.75 Å². The lowest BCUT2D eigenvalue weighted by Gasteiger charge is -2.29. The number of aromatic carboxylic acids is 1. The van der Waals surface area contributed by atoms with Crippen LogP contribution in [-0.2, 0) is 0 Å². The monoisotopic (exact) mass is 504 g/mol. The molecule has 2 N–H and O–H groups in total. The molecule has 5 rings (SSSR count). The van der Waals surface area contributed by atoms with Crippen LogP contribution in [0.1, 0.15) is 33.8 Å². The Bertz CT molecular complexity index is 1390. The standard InChI is InChI=1S/C26H21ClN4O3S/c1-34-22-12-11-18(15-19(22)27)31-24(23(29-26(31)35)20-5-2-3-13-28-20)21-6-4-14-30(21)17-9-7-16(8-10-17)25(32)33/h2-15,23-24H,1H3,(H,29,35)(H,32,33). The fourth-order valence-electron chi connectivity index (χ4n) is 4.37. The number of anilines is 1. The Labute approximate surface area is 212 Å². The molecule has 0 aliphatic carbocycles. The third-order valence-electron chi connectivity index (χ3n) is 5.99. The third kappa shape index (κ3) is 4.22. The van der Waals surface area contributed by atoms with Crippen LogP contribution in [0.25, 0.3) is 5.69 Å². The van der Waals surface area contributed by atoms with E-state index in [9.17, 15) is 9.90 Å². The van der Waals surface area contributed by atoms with Crippen LogP contribution in [0.2, 0.25) is 5.02 Å². The predicted molar refractivity (Wildman–Crippen MR) is 139 cm³/mol. The SMILES string of the molecule is COc1ccc(N2C(=S)NC(c3ccccn3)C2c2cccn2-c2ccc(C(=O)O)cc2)cc1Cl. The van der Waals surface area contributed by atoms with Crippen molar-refractivity contribution in [3.63, 3.8) is 0 Å². The fraction of sp³-hybridized carbons (Fsp3) is 0.115. The molecule has 3 heterocycles. The molecule has 2 atom stereocenters. The van der Waals surface area contributed by atoms with Crippen molar-refractivity contribution in [1.29, 1.82) is 0 Å². The van der Waals surface area contributed by atoms with Crippen molar-refractivity contribution in [3.05, 3.63) is 107 Å². The molecule has 0 saturated carbocycles. The summed E-state index contributed by atoms with van der Waals surface area (Å²) in [5.41, 5.74) is 3.66. The smallest absolute Gasteiger partial charge is 0.335 e. The number of nitrogens with zero attached hydrogens (tertiary/aromatic N) is 3. The van der Waals surface area contributed by atoms with E-state index in [1.165, 1.54) is 0 Å². The van der Waals surface area contributed by atoms with Gasteiger partial charge in [-0.05, 0) is 78.9 Å². The molecule has 35 heavy (non-hydrogen) atoms. The second kappa shape index (κ2) is 9.40. The van der Waals surface area contributed by atoms with Crippen LogP contribution in [0.3, 0.4) is 0 Å². The van der Waals surface area contributed by atoms with Gasteiger partial charge in [-0.2, -0.15) is 0 Å². The fourth-order valence-corrected chi connectivity index (χ4v) is 4.97. The van der Waals surface area contributed by atoms with Crippen molar-refractivity contribution < 1.29 is 14.6 Å². The number of carboxylic acid groups (broad SMARTS) is 1. The van der Waals surface area contributed by atoms with E-state index >= 15 is 0 Å². The number of thiocarbonyl (C=S) groups is 1. The van der Waals surface area contributed by atoms with Crippen LogP contribution in [0.15, 0.2) is 85.2 Å². The van der Waals surface area contributed by atoms with Crippen LogP contribution in [0, 0.1) is 0 Å². The maximum Gasteiger partial charge on any atom is 0.335 e. The summed E-state index contributed by atoms with van der Waals surface area (Å²) < 4.78 is 7.36. The highest BCUT2D eigenvalue weighted by molar-refractivity contribution is 7.80. The Balaban J connectivity index is 1.64. The average molecular weight is 505 g/mol. The average Bonchev–Trinajstić information content (AvgIpc) is 3.49. The molecule has 7 nitrogen and oxygen atoms in total. The summed E-state index contributed by atoms with van der Waals surface area (Å²) in [6.07, 6.45) is 3.70. The first-order valence-electron chi connectivity index (χ1n) is 10.8. The summed E-state index contributed by atoms with van der Waals surface area (Å²) in [6, 6.07) is 21.6. The van der Waals surface area contributed by atoms with E-state index in [4.69, 9.17) is 28.6 Å². The van der Waals surface area contributed by atoms with E-state index in [0.29, 0.717) is 15.9 Å². The van der Waals surface area contributed by atoms with Gasteiger partial charge in [0.2, 0.25) is 0 Å². The highest BCUT2D eigenvalue weighted by atomic mass is 35.5. The highest BCUT2D eigenvalue weighted by Crippen LogP contribution is 2.43. The van der Waals surface area contributed by atoms with Crippen molar-refractivity contribution in [3.8, 4) is 11.4 Å². The summed E-state index contributed by atoms with van der Waals surface area (Å²) in [4.78, 5) is 17.9. The van der Waals surface area contributed by atoms with Gasteiger partial charge >= 0.3 is 5.97 Å². The Morgan fingerprint density at radius 3 is 2.51 bits per heavy atom. The summed E-state index contributed by atoms with van der Waals surface area (Å²) in [7, 11) is 1.57. The summed E-state index contributed by atoms with van der Waals surface area (Å²) in [6.45, 7) is 0. The van der Waals surface area contributed by atoms with Gasteiger partial charge in [0.1, 0.15) is 11.8 Å². The predicted octanol–water partition coefficient (Wildman–Crippen LogP) is 5.41. The zero-order chi connectivity index (χ0) is 24.5. The van der Waals surface area contributed by atoms with Gasteiger partial charge in [-0.3, -0.25) is 4.98 Å². The number of nitrogens with one attached hydrogen (secondary N) is 1.